The number of benzene rings is 3. The van der Waals surface area contributed by atoms with Crippen molar-refractivity contribution in [2.24, 2.45) is 0 Å². The molecule has 0 aliphatic rings. The lowest BCUT2D eigenvalue weighted by Crippen LogP contribution is -2.51. The largest absolute Gasteiger partial charge is 0.497 e. The van der Waals surface area contributed by atoms with Gasteiger partial charge in [-0.15, -0.1) is 0 Å². The van der Waals surface area contributed by atoms with Crippen molar-refractivity contribution >= 4 is 11.8 Å². The molecule has 0 heterocycles. The van der Waals surface area contributed by atoms with Gasteiger partial charge in [0.2, 0.25) is 11.8 Å². The van der Waals surface area contributed by atoms with Crippen LogP contribution in [0.3, 0.4) is 0 Å². The molecule has 0 aliphatic heterocycles. The predicted molar refractivity (Wildman–Crippen MR) is 136 cm³/mol. The number of rotatable bonds is 11. The Bertz CT molecular complexity index is 1080. The van der Waals surface area contributed by atoms with Crippen LogP contribution in [0.25, 0.3) is 0 Å². The van der Waals surface area contributed by atoms with E-state index in [1.54, 1.807) is 12.0 Å². The summed E-state index contributed by atoms with van der Waals surface area (Å²) in [7, 11) is 1.62. The molecule has 5 nitrogen and oxygen atoms in total. The standard InChI is InChI=1S/C29H34N2O3/c1-4-17-30-29(33)27(19-23-12-6-5-7-13-23)31(21-24-14-10-16-26(18-24)34-3)28(32)20-25-15-9-8-11-22(25)2/h5-16,18,27H,4,17,19-21H2,1-3H3,(H,30,33). The van der Waals surface area contributed by atoms with Crippen molar-refractivity contribution in [3.05, 3.63) is 101 Å². The minimum Gasteiger partial charge on any atom is -0.497 e. The smallest absolute Gasteiger partial charge is 0.243 e. The van der Waals surface area contributed by atoms with Crippen LogP contribution in [-0.2, 0) is 29.0 Å². The molecule has 5 heteroatoms. The summed E-state index contributed by atoms with van der Waals surface area (Å²) in [5, 5.41) is 3.01. The summed E-state index contributed by atoms with van der Waals surface area (Å²) >= 11 is 0. The van der Waals surface area contributed by atoms with Crippen LogP contribution >= 0.6 is 0 Å². The Kier molecular flexibility index (Phi) is 9.27. The van der Waals surface area contributed by atoms with Gasteiger partial charge in [0.05, 0.1) is 13.5 Å². The van der Waals surface area contributed by atoms with Gasteiger partial charge < -0.3 is 15.0 Å². The summed E-state index contributed by atoms with van der Waals surface area (Å²) in [6.07, 6.45) is 1.51. The first kappa shape index (κ1) is 25.0. The molecule has 0 saturated carbocycles. The van der Waals surface area contributed by atoms with Gasteiger partial charge in [0.25, 0.3) is 0 Å². The van der Waals surface area contributed by atoms with E-state index in [2.05, 4.69) is 5.32 Å². The number of amides is 2. The summed E-state index contributed by atoms with van der Waals surface area (Å²) < 4.78 is 5.38. The average molecular weight is 459 g/mol. The highest BCUT2D eigenvalue weighted by atomic mass is 16.5. The highest BCUT2D eigenvalue weighted by Crippen LogP contribution is 2.20. The number of aryl methyl sites for hydroxylation is 1. The monoisotopic (exact) mass is 458 g/mol. The fraction of sp³-hybridized carbons (Fsp3) is 0.310. The van der Waals surface area contributed by atoms with E-state index in [4.69, 9.17) is 4.74 Å². The molecule has 0 radical (unpaired) electrons. The lowest BCUT2D eigenvalue weighted by Gasteiger charge is -2.32. The minimum absolute atomic E-state index is 0.0790. The molecule has 1 unspecified atom stereocenters. The van der Waals surface area contributed by atoms with Gasteiger partial charge in [-0.05, 0) is 47.7 Å². The van der Waals surface area contributed by atoms with Crippen LogP contribution in [0.4, 0.5) is 0 Å². The summed E-state index contributed by atoms with van der Waals surface area (Å²) in [6, 6.07) is 24.8. The predicted octanol–water partition coefficient (Wildman–Crippen LogP) is 4.71. The number of methoxy groups -OCH3 is 1. The topological polar surface area (TPSA) is 58.6 Å². The van der Waals surface area contributed by atoms with E-state index in [1.165, 1.54) is 0 Å². The molecule has 3 rings (SSSR count). The van der Waals surface area contributed by atoms with Gasteiger partial charge in [0, 0.05) is 19.5 Å². The number of ether oxygens (including phenoxy) is 1. The van der Waals surface area contributed by atoms with Crippen molar-refractivity contribution in [2.75, 3.05) is 13.7 Å². The second kappa shape index (κ2) is 12.6. The summed E-state index contributed by atoms with van der Waals surface area (Å²) in [5.74, 6) is 0.510. The van der Waals surface area contributed by atoms with Crippen molar-refractivity contribution in [3.63, 3.8) is 0 Å². The van der Waals surface area contributed by atoms with Crippen LogP contribution < -0.4 is 10.1 Å². The van der Waals surface area contributed by atoms with Gasteiger partial charge in [-0.1, -0.05) is 73.7 Å². The van der Waals surface area contributed by atoms with E-state index >= 15 is 0 Å². The Balaban J connectivity index is 1.97. The van der Waals surface area contributed by atoms with Crippen LogP contribution in [0.2, 0.25) is 0 Å². The van der Waals surface area contributed by atoms with Crippen molar-refractivity contribution in [2.45, 2.75) is 45.7 Å². The molecule has 3 aromatic carbocycles. The van der Waals surface area contributed by atoms with Gasteiger partial charge in [-0.2, -0.15) is 0 Å². The van der Waals surface area contributed by atoms with Crippen molar-refractivity contribution < 1.29 is 14.3 Å². The maximum Gasteiger partial charge on any atom is 0.243 e. The number of nitrogens with one attached hydrogen (secondary N) is 1. The van der Waals surface area contributed by atoms with E-state index in [0.717, 1.165) is 34.4 Å². The molecule has 0 bridgehead atoms. The van der Waals surface area contributed by atoms with Gasteiger partial charge in [-0.3, -0.25) is 9.59 Å². The molecule has 34 heavy (non-hydrogen) atoms. The maximum atomic E-state index is 13.7. The van der Waals surface area contributed by atoms with Crippen LogP contribution in [0.5, 0.6) is 5.75 Å². The van der Waals surface area contributed by atoms with Crippen molar-refractivity contribution in [3.8, 4) is 5.75 Å². The number of nitrogens with zero attached hydrogens (tertiary/aromatic N) is 1. The Morgan fingerprint density at radius 1 is 0.941 bits per heavy atom. The van der Waals surface area contributed by atoms with Crippen molar-refractivity contribution in [1.82, 2.24) is 10.2 Å². The lowest BCUT2D eigenvalue weighted by molar-refractivity contribution is -0.140. The Morgan fingerprint density at radius 3 is 2.35 bits per heavy atom. The second-order valence-corrected chi connectivity index (χ2v) is 8.47. The number of hydrogen-bond acceptors (Lipinski definition) is 3. The molecule has 1 atom stereocenters. The summed E-state index contributed by atoms with van der Waals surface area (Å²) in [4.78, 5) is 28.8. The van der Waals surface area contributed by atoms with Crippen LogP contribution in [0.1, 0.15) is 35.6 Å². The number of hydrogen-bond donors (Lipinski definition) is 1. The van der Waals surface area contributed by atoms with Gasteiger partial charge >= 0.3 is 0 Å². The highest BCUT2D eigenvalue weighted by Gasteiger charge is 2.30. The highest BCUT2D eigenvalue weighted by molar-refractivity contribution is 5.89. The van der Waals surface area contributed by atoms with E-state index in [-0.39, 0.29) is 18.2 Å². The number of carbonyl (C=O) groups excluding carboxylic acids is 2. The summed E-state index contributed by atoms with van der Waals surface area (Å²) in [6.45, 7) is 4.91. The van der Waals surface area contributed by atoms with Crippen molar-refractivity contribution in [1.29, 1.82) is 0 Å². The first-order valence-corrected chi connectivity index (χ1v) is 11.8. The zero-order valence-electron chi connectivity index (χ0n) is 20.3. The third-order valence-corrected chi connectivity index (χ3v) is 5.91. The molecule has 0 saturated heterocycles. The molecule has 0 aromatic heterocycles. The van der Waals surface area contributed by atoms with Gasteiger partial charge in [0.15, 0.2) is 0 Å². The van der Waals surface area contributed by atoms with E-state index < -0.39 is 6.04 Å². The lowest BCUT2D eigenvalue weighted by atomic mass is 10.00. The zero-order valence-corrected chi connectivity index (χ0v) is 20.3. The Hall–Kier alpha value is -3.60. The van der Waals surface area contributed by atoms with E-state index in [1.807, 2.05) is 92.7 Å². The molecule has 0 fully saturated rings. The third-order valence-electron chi connectivity index (χ3n) is 5.91. The molecule has 0 spiro atoms. The molecule has 3 aromatic rings. The first-order chi connectivity index (χ1) is 16.5. The fourth-order valence-electron chi connectivity index (χ4n) is 3.96. The van der Waals surface area contributed by atoms with Crippen LogP contribution in [-0.4, -0.2) is 36.4 Å². The third kappa shape index (κ3) is 6.95. The quantitative estimate of drug-likeness (QED) is 0.453. The SMILES string of the molecule is CCCNC(=O)C(Cc1ccccc1)N(Cc1cccc(OC)c1)C(=O)Cc1ccccc1C. The molecule has 1 N–H and O–H groups in total. The molecular weight excluding hydrogens is 424 g/mol. The second-order valence-electron chi connectivity index (χ2n) is 8.47. The maximum absolute atomic E-state index is 13.7. The first-order valence-electron chi connectivity index (χ1n) is 11.8. The molecule has 2 amide bonds. The van der Waals surface area contributed by atoms with E-state index in [9.17, 15) is 9.59 Å². The molecule has 178 valence electrons. The molecule has 0 aliphatic carbocycles. The fourth-order valence-corrected chi connectivity index (χ4v) is 3.96. The Morgan fingerprint density at radius 2 is 1.65 bits per heavy atom. The zero-order chi connectivity index (χ0) is 24.3. The average Bonchev–Trinajstić information content (AvgIpc) is 2.86. The van der Waals surface area contributed by atoms with Gasteiger partial charge in [0.1, 0.15) is 11.8 Å². The summed E-state index contributed by atoms with van der Waals surface area (Å²) in [5.41, 5.74) is 3.96. The van der Waals surface area contributed by atoms with Crippen LogP contribution in [0, 0.1) is 6.92 Å². The van der Waals surface area contributed by atoms with Crippen LogP contribution in [0.15, 0.2) is 78.9 Å². The number of carbonyl (C=O) groups is 2. The normalized spacial score (nSPS) is 11.5. The Labute approximate surface area is 202 Å². The van der Waals surface area contributed by atoms with E-state index in [0.29, 0.717) is 19.5 Å². The van der Waals surface area contributed by atoms with Gasteiger partial charge in [-0.25, -0.2) is 0 Å². The minimum atomic E-state index is -0.628. The molecular formula is C29H34N2O3.